The standard InChI is InChI=1S/C10H7F2IS/c1-5-8(10(11)12)9-6(13)3-2-4-7(9)14-5/h2-4,10H,1H3. The van der Waals surface area contributed by atoms with Crippen molar-refractivity contribution in [1.82, 2.24) is 0 Å². The van der Waals surface area contributed by atoms with Gasteiger partial charge in [-0.1, -0.05) is 6.07 Å². The molecule has 0 bridgehead atoms. The highest BCUT2D eigenvalue weighted by Gasteiger charge is 2.18. The summed E-state index contributed by atoms with van der Waals surface area (Å²) < 4.78 is 27.4. The summed E-state index contributed by atoms with van der Waals surface area (Å²) in [6.07, 6.45) is -2.38. The molecule has 0 aliphatic carbocycles. The molecule has 0 saturated carbocycles. The Morgan fingerprint density at radius 1 is 1.36 bits per heavy atom. The number of benzene rings is 1. The first kappa shape index (κ1) is 10.3. The van der Waals surface area contributed by atoms with E-state index in [1.54, 1.807) is 6.92 Å². The fraction of sp³-hybridized carbons (Fsp3) is 0.200. The van der Waals surface area contributed by atoms with E-state index in [0.29, 0.717) is 0 Å². The summed E-state index contributed by atoms with van der Waals surface area (Å²) in [7, 11) is 0. The molecule has 4 heteroatoms. The van der Waals surface area contributed by atoms with E-state index >= 15 is 0 Å². The molecule has 0 saturated heterocycles. The van der Waals surface area contributed by atoms with E-state index in [1.807, 2.05) is 18.2 Å². The smallest absolute Gasteiger partial charge is 0.205 e. The first-order valence-corrected chi connectivity index (χ1v) is 5.96. The van der Waals surface area contributed by atoms with Crippen LogP contribution in [0.1, 0.15) is 16.9 Å². The van der Waals surface area contributed by atoms with Crippen molar-refractivity contribution in [2.45, 2.75) is 13.3 Å². The monoisotopic (exact) mass is 324 g/mol. The average molecular weight is 324 g/mol. The quantitative estimate of drug-likeness (QED) is 0.664. The van der Waals surface area contributed by atoms with Crippen LogP contribution < -0.4 is 0 Å². The zero-order valence-corrected chi connectivity index (χ0v) is 10.3. The van der Waals surface area contributed by atoms with Crippen LogP contribution in [0, 0.1) is 10.5 Å². The van der Waals surface area contributed by atoms with Gasteiger partial charge in [0.1, 0.15) is 0 Å². The second-order valence-electron chi connectivity index (χ2n) is 2.99. The van der Waals surface area contributed by atoms with Gasteiger partial charge in [-0.2, -0.15) is 0 Å². The van der Waals surface area contributed by atoms with E-state index in [4.69, 9.17) is 0 Å². The highest BCUT2D eigenvalue weighted by molar-refractivity contribution is 14.1. The minimum Gasteiger partial charge on any atom is -0.205 e. The maximum Gasteiger partial charge on any atom is 0.265 e. The van der Waals surface area contributed by atoms with E-state index in [9.17, 15) is 8.78 Å². The Balaban J connectivity index is 2.86. The number of fused-ring (bicyclic) bond motifs is 1. The second kappa shape index (κ2) is 3.73. The molecule has 0 nitrogen and oxygen atoms in total. The number of thiophene rings is 1. The molecule has 0 aliphatic rings. The van der Waals surface area contributed by atoms with Crippen molar-refractivity contribution in [3.63, 3.8) is 0 Å². The minimum absolute atomic E-state index is 0.204. The first-order chi connectivity index (χ1) is 6.61. The second-order valence-corrected chi connectivity index (χ2v) is 5.40. The SMILES string of the molecule is Cc1sc2cccc(I)c2c1C(F)F. The topological polar surface area (TPSA) is 0 Å². The van der Waals surface area contributed by atoms with Gasteiger partial charge >= 0.3 is 0 Å². The van der Waals surface area contributed by atoms with Gasteiger partial charge in [0.25, 0.3) is 6.43 Å². The maximum atomic E-state index is 12.8. The van der Waals surface area contributed by atoms with Crippen LogP contribution in [0.2, 0.25) is 0 Å². The Morgan fingerprint density at radius 3 is 2.71 bits per heavy atom. The molecule has 1 heterocycles. The molecular formula is C10H7F2IS. The third-order valence-corrected chi connectivity index (χ3v) is 4.09. The molecule has 2 rings (SSSR count). The lowest BCUT2D eigenvalue weighted by molar-refractivity contribution is 0.153. The van der Waals surface area contributed by atoms with Crippen molar-refractivity contribution in [2.24, 2.45) is 0 Å². The fourth-order valence-electron chi connectivity index (χ4n) is 1.51. The van der Waals surface area contributed by atoms with Crippen molar-refractivity contribution < 1.29 is 8.78 Å². The van der Waals surface area contributed by atoms with Crippen LogP contribution in [-0.4, -0.2) is 0 Å². The Hall–Kier alpha value is -0.230. The van der Waals surface area contributed by atoms with Crippen molar-refractivity contribution in [3.8, 4) is 0 Å². The van der Waals surface area contributed by atoms with E-state index in [0.717, 1.165) is 18.5 Å². The lowest BCUT2D eigenvalue weighted by atomic mass is 10.1. The molecular weight excluding hydrogens is 317 g/mol. The summed E-state index contributed by atoms with van der Waals surface area (Å²) in [4.78, 5) is 0.721. The largest absolute Gasteiger partial charge is 0.265 e. The lowest BCUT2D eigenvalue weighted by Crippen LogP contribution is -1.85. The number of rotatable bonds is 1. The molecule has 0 unspecified atom stereocenters. The molecule has 0 aliphatic heterocycles. The first-order valence-electron chi connectivity index (χ1n) is 4.07. The zero-order valence-electron chi connectivity index (χ0n) is 7.35. The Kier molecular flexibility index (Phi) is 2.74. The van der Waals surface area contributed by atoms with Gasteiger partial charge in [0, 0.05) is 24.1 Å². The Bertz CT molecular complexity index is 476. The summed E-state index contributed by atoms with van der Waals surface area (Å²) in [6, 6.07) is 5.65. The van der Waals surface area contributed by atoms with Crippen LogP contribution in [0.15, 0.2) is 18.2 Å². The number of hydrogen-bond donors (Lipinski definition) is 0. The van der Waals surface area contributed by atoms with E-state index in [2.05, 4.69) is 22.6 Å². The van der Waals surface area contributed by atoms with Crippen LogP contribution in [-0.2, 0) is 0 Å². The van der Waals surface area contributed by atoms with Crippen molar-refractivity contribution >= 4 is 44.0 Å². The molecule has 0 radical (unpaired) electrons. The van der Waals surface area contributed by atoms with Gasteiger partial charge in [-0.05, 0) is 41.6 Å². The number of hydrogen-bond acceptors (Lipinski definition) is 1. The van der Waals surface area contributed by atoms with Crippen LogP contribution in [0.4, 0.5) is 8.78 Å². The molecule has 0 spiro atoms. The Morgan fingerprint density at radius 2 is 2.07 bits per heavy atom. The van der Waals surface area contributed by atoms with E-state index in [1.165, 1.54) is 11.3 Å². The zero-order chi connectivity index (χ0) is 10.3. The minimum atomic E-state index is -2.38. The molecule has 14 heavy (non-hydrogen) atoms. The highest BCUT2D eigenvalue weighted by atomic mass is 127. The summed E-state index contributed by atoms with van der Waals surface area (Å²) in [6.45, 7) is 1.75. The molecule has 2 aromatic rings. The van der Waals surface area contributed by atoms with Crippen LogP contribution in [0.3, 0.4) is 0 Å². The molecule has 0 N–H and O–H groups in total. The van der Waals surface area contributed by atoms with Crippen LogP contribution in [0.25, 0.3) is 10.1 Å². The summed E-state index contributed by atoms with van der Waals surface area (Å²) in [5.41, 5.74) is 0.204. The van der Waals surface area contributed by atoms with E-state index in [-0.39, 0.29) is 5.56 Å². The molecule has 0 atom stereocenters. The van der Waals surface area contributed by atoms with Gasteiger partial charge < -0.3 is 0 Å². The van der Waals surface area contributed by atoms with Crippen LogP contribution in [0.5, 0.6) is 0 Å². The third kappa shape index (κ3) is 1.54. The highest BCUT2D eigenvalue weighted by Crippen LogP contribution is 2.39. The van der Waals surface area contributed by atoms with Gasteiger partial charge in [-0.15, -0.1) is 11.3 Å². The van der Waals surface area contributed by atoms with Gasteiger partial charge in [-0.3, -0.25) is 0 Å². The fourth-order valence-corrected chi connectivity index (χ4v) is 3.58. The summed E-state index contributed by atoms with van der Waals surface area (Å²) in [5, 5.41) is 0.727. The van der Waals surface area contributed by atoms with Crippen LogP contribution >= 0.6 is 33.9 Å². The number of alkyl halides is 2. The van der Waals surface area contributed by atoms with Gasteiger partial charge in [0.2, 0.25) is 0 Å². The van der Waals surface area contributed by atoms with E-state index < -0.39 is 6.43 Å². The molecule has 1 aromatic carbocycles. The maximum absolute atomic E-state index is 12.8. The van der Waals surface area contributed by atoms with Crippen molar-refractivity contribution in [1.29, 1.82) is 0 Å². The molecule has 1 aromatic heterocycles. The predicted molar refractivity (Wildman–Crippen MR) is 64.2 cm³/mol. The number of aryl methyl sites for hydroxylation is 1. The summed E-state index contributed by atoms with van der Waals surface area (Å²) in [5.74, 6) is 0. The number of halogens is 3. The van der Waals surface area contributed by atoms with Gasteiger partial charge in [-0.25, -0.2) is 8.78 Å². The van der Waals surface area contributed by atoms with Crippen molar-refractivity contribution in [3.05, 3.63) is 32.2 Å². The summed E-state index contributed by atoms with van der Waals surface area (Å²) >= 11 is 3.54. The molecule has 74 valence electrons. The van der Waals surface area contributed by atoms with Gasteiger partial charge in [0.15, 0.2) is 0 Å². The molecule has 0 fully saturated rings. The predicted octanol–water partition coefficient (Wildman–Crippen LogP) is 4.75. The normalized spacial score (nSPS) is 11.5. The van der Waals surface area contributed by atoms with Gasteiger partial charge in [0.05, 0.1) is 0 Å². The molecule has 0 amide bonds. The Labute approximate surface area is 98.1 Å². The lowest BCUT2D eigenvalue weighted by Gasteiger charge is -2.00. The van der Waals surface area contributed by atoms with Crippen molar-refractivity contribution in [2.75, 3.05) is 0 Å². The third-order valence-electron chi connectivity index (χ3n) is 2.11. The average Bonchev–Trinajstić information content (AvgIpc) is 2.42.